The third-order valence-electron chi connectivity index (χ3n) is 3.26. The van der Waals surface area contributed by atoms with E-state index in [1.165, 1.54) is 16.9 Å². The van der Waals surface area contributed by atoms with E-state index in [-0.39, 0.29) is 5.91 Å². The second-order valence-corrected chi connectivity index (χ2v) is 6.08. The molecule has 110 valence electrons. The molecule has 0 aliphatic heterocycles. The van der Waals surface area contributed by atoms with Crippen molar-refractivity contribution >= 4 is 22.4 Å². The second kappa shape index (κ2) is 6.07. The molecule has 1 amide bonds. The summed E-state index contributed by atoms with van der Waals surface area (Å²) in [6, 6.07) is 15.5. The van der Waals surface area contributed by atoms with Crippen LogP contribution in [0, 0.1) is 13.8 Å². The summed E-state index contributed by atoms with van der Waals surface area (Å²) in [6.07, 6.45) is 0. The van der Waals surface area contributed by atoms with E-state index in [1.54, 1.807) is 12.1 Å². The van der Waals surface area contributed by atoms with E-state index in [2.05, 4.69) is 15.5 Å². The maximum absolute atomic E-state index is 12.1. The Balaban J connectivity index is 1.75. The first kappa shape index (κ1) is 14.4. The number of nitrogens with zero attached hydrogens (tertiary/aromatic N) is 2. The van der Waals surface area contributed by atoms with E-state index in [1.807, 2.05) is 50.2 Å². The van der Waals surface area contributed by atoms with Crippen LogP contribution in [0.25, 0.3) is 10.6 Å². The summed E-state index contributed by atoms with van der Waals surface area (Å²) < 4.78 is 0. The molecule has 0 atom stereocenters. The molecular formula is C17H15N3OS. The normalized spacial score (nSPS) is 10.5. The number of amides is 1. The molecule has 0 saturated carbocycles. The highest BCUT2D eigenvalue weighted by molar-refractivity contribution is 7.18. The van der Waals surface area contributed by atoms with Gasteiger partial charge in [0.2, 0.25) is 5.13 Å². The van der Waals surface area contributed by atoms with Crippen LogP contribution in [0.4, 0.5) is 5.13 Å². The van der Waals surface area contributed by atoms with Gasteiger partial charge in [-0.3, -0.25) is 10.1 Å². The summed E-state index contributed by atoms with van der Waals surface area (Å²) in [6.45, 7) is 4.03. The number of benzene rings is 2. The summed E-state index contributed by atoms with van der Waals surface area (Å²) in [5.41, 5.74) is 3.92. The lowest BCUT2D eigenvalue weighted by Crippen LogP contribution is -2.11. The molecular weight excluding hydrogens is 294 g/mol. The van der Waals surface area contributed by atoms with Crippen molar-refractivity contribution in [1.82, 2.24) is 10.2 Å². The van der Waals surface area contributed by atoms with E-state index < -0.39 is 0 Å². The third kappa shape index (κ3) is 3.20. The number of carbonyl (C=O) groups excluding carboxylic acids is 1. The van der Waals surface area contributed by atoms with Gasteiger partial charge in [-0.2, -0.15) is 0 Å². The summed E-state index contributed by atoms with van der Waals surface area (Å²) in [5, 5.41) is 12.2. The molecule has 1 heterocycles. The zero-order chi connectivity index (χ0) is 15.5. The Hall–Kier alpha value is -2.53. The van der Waals surface area contributed by atoms with Gasteiger partial charge in [0.15, 0.2) is 0 Å². The SMILES string of the molecule is Cc1ccc(C(=O)Nc2nnc(-c3ccc(C)cc3)s2)cc1. The van der Waals surface area contributed by atoms with Gasteiger partial charge in [-0.05, 0) is 26.0 Å². The minimum atomic E-state index is -0.174. The molecule has 0 aliphatic carbocycles. The van der Waals surface area contributed by atoms with Crippen molar-refractivity contribution in [2.75, 3.05) is 5.32 Å². The molecule has 0 spiro atoms. The van der Waals surface area contributed by atoms with E-state index >= 15 is 0 Å². The molecule has 22 heavy (non-hydrogen) atoms. The molecule has 4 nitrogen and oxygen atoms in total. The number of nitrogens with one attached hydrogen (secondary N) is 1. The minimum Gasteiger partial charge on any atom is -0.296 e. The van der Waals surface area contributed by atoms with Crippen molar-refractivity contribution < 1.29 is 4.79 Å². The average molecular weight is 309 g/mol. The number of anilines is 1. The molecule has 1 N–H and O–H groups in total. The first-order valence-corrected chi connectivity index (χ1v) is 7.72. The van der Waals surface area contributed by atoms with Crippen molar-refractivity contribution in [2.24, 2.45) is 0 Å². The summed E-state index contributed by atoms with van der Waals surface area (Å²) in [4.78, 5) is 12.1. The number of aryl methyl sites for hydroxylation is 2. The highest BCUT2D eigenvalue weighted by Gasteiger charge is 2.11. The van der Waals surface area contributed by atoms with Crippen LogP contribution < -0.4 is 5.32 Å². The Kier molecular flexibility index (Phi) is 3.98. The van der Waals surface area contributed by atoms with Gasteiger partial charge in [-0.25, -0.2) is 0 Å². The van der Waals surface area contributed by atoms with Crippen LogP contribution in [0.1, 0.15) is 21.5 Å². The third-order valence-corrected chi connectivity index (χ3v) is 4.15. The van der Waals surface area contributed by atoms with Gasteiger partial charge in [-0.1, -0.05) is 58.9 Å². The summed E-state index contributed by atoms with van der Waals surface area (Å²) >= 11 is 1.36. The fourth-order valence-electron chi connectivity index (χ4n) is 1.96. The van der Waals surface area contributed by atoms with Crippen LogP contribution in [0.5, 0.6) is 0 Å². The lowest BCUT2D eigenvalue weighted by Gasteiger charge is -2.01. The van der Waals surface area contributed by atoms with Crippen LogP contribution in [0.15, 0.2) is 48.5 Å². The number of hydrogen-bond acceptors (Lipinski definition) is 4. The monoisotopic (exact) mass is 309 g/mol. The standard InChI is InChI=1S/C17H15N3OS/c1-11-3-7-13(8-4-11)15(21)18-17-20-19-16(22-17)14-9-5-12(2)6-10-14/h3-10H,1-2H3,(H,18,20,21). The summed E-state index contributed by atoms with van der Waals surface area (Å²) in [5.74, 6) is -0.174. The summed E-state index contributed by atoms with van der Waals surface area (Å²) in [7, 11) is 0. The Morgan fingerprint density at radius 3 is 2.14 bits per heavy atom. The van der Waals surface area contributed by atoms with Gasteiger partial charge in [0, 0.05) is 11.1 Å². The van der Waals surface area contributed by atoms with Gasteiger partial charge in [0.1, 0.15) is 5.01 Å². The van der Waals surface area contributed by atoms with E-state index in [4.69, 9.17) is 0 Å². The maximum Gasteiger partial charge on any atom is 0.257 e. The zero-order valence-corrected chi connectivity index (χ0v) is 13.1. The molecule has 3 aromatic rings. The quantitative estimate of drug-likeness (QED) is 0.793. The minimum absolute atomic E-state index is 0.174. The van der Waals surface area contributed by atoms with Crippen LogP contribution in [0.2, 0.25) is 0 Å². The molecule has 0 unspecified atom stereocenters. The van der Waals surface area contributed by atoms with Gasteiger partial charge >= 0.3 is 0 Å². The maximum atomic E-state index is 12.1. The predicted octanol–water partition coefficient (Wildman–Crippen LogP) is 4.07. The van der Waals surface area contributed by atoms with Gasteiger partial charge in [0.25, 0.3) is 5.91 Å². The van der Waals surface area contributed by atoms with Gasteiger partial charge in [-0.15, -0.1) is 10.2 Å². The first-order chi connectivity index (χ1) is 10.6. The highest BCUT2D eigenvalue weighted by atomic mass is 32.1. The number of aromatic nitrogens is 2. The fourth-order valence-corrected chi connectivity index (χ4v) is 2.70. The smallest absolute Gasteiger partial charge is 0.257 e. The molecule has 2 aromatic carbocycles. The molecule has 0 aliphatic rings. The van der Waals surface area contributed by atoms with Gasteiger partial charge < -0.3 is 0 Å². The zero-order valence-electron chi connectivity index (χ0n) is 12.3. The topological polar surface area (TPSA) is 54.9 Å². The fraction of sp³-hybridized carbons (Fsp3) is 0.118. The average Bonchev–Trinajstić information content (AvgIpc) is 2.97. The Morgan fingerprint density at radius 2 is 1.50 bits per heavy atom. The van der Waals surface area contributed by atoms with Crippen molar-refractivity contribution in [3.8, 4) is 10.6 Å². The number of carbonyl (C=O) groups is 1. The molecule has 0 radical (unpaired) electrons. The highest BCUT2D eigenvalue weighted by Crippen LogP contribution is 2.26. The van der Waals surface area contributed by atoms with E-state index in [0.29, 0.717) is 10.7 Å². The lowest BCUT2D eigenvalue weighted by atomic mass is 10.1. The van der Waals surface area contributed by atoms with E-state index in [0.717, 1.165) is 16.1 Å². The van der Waals surface area contributed by atoms with Crippen LogP contribution in [-0.2, 0) is 0 Å². The molecule has 0 bridgehead atoms. The lowest BCUT2D eigenvalue weighted by molar-refractivity contribution is 0.102. The van der Waals surface area contributed by atoms with Crippen molar-refractivity contribution in [1.29, 1.82) is 0 Å². The molecule has 0 saturated heterocycles. The Bertz CT molecular complexity index is 792. The van der Waals surface area contributed by atoms with Crippen LogP contribution in [-0.4, -0.2) is 16.1 Å². The molecule has 1 aromatic heterocycles. The van der Waals surface area contributed by atoms with Crippen LogP contribution >= 0.6 is 11.3 Å². The van der Waals surface area contributed by atoms with Crippen LogP contribution in [0.3, 0.4) is 0 Å². The van der Waals surface area contributed by atoms with Crippen molar-refractivity contribution in [3.05, 3.63) is 65.2 Å². The van der Waals surface area contributed by atoms with Crippen molar-refractivity contribution in [3.63, 3.8) is 0 Å². The Labute approximate surface area is 132 Å². The molecule has 0 fully saturated rings. The second-order valence-electron chi connectivity index (χ2n) is 5.10. The Morgan fingerprint density at radius 1 is 0.909 bits per heavy atom. The molecule has 3 rings (SSSR count). The van der Waals surface area contributed by atoms with E-state index in [9.17, 15) is 4.79 Å². The largest absolute Gasteiger partial charge is 0.296 e. The molecule has 5 heteroatoms. The number of rotatable bonds is 3. The predicted molar refractivity (Wildman–Crippen MR) is 89.2 cm³/mol. The first-order valence-electron chi connectivity index (χ1n) is 6.90. The van der Waals surface area contributed by atoms with Gasteiger partial charge in [0.05, 0.1) is 0 Å². The number of hydrogen-bond donors (Lipinski definition) is 1. The van der Waals surface area contributed by atoms with Crippen molar-refractivity contribution in [2.45, 2.75) is 13.8 Å².